The van der Waals surface area contributed by atoms with E-state index in [1.54, 1.807) is 12.4 Å². The Morgan fingerprint density at radius 2 is 1.74 bits per heavy atom. The maximum absolute atomic E-state index is 11.9. The van der Waals surface area contributed by atoms with Gasteiger partial charge in [-0.05, 0) is 23.6 Å². The van der Waals surface area contributed by atoms with Gasteiger partial charge in [-0.15, -0.1) is 0 Å². The van der Waals surface area contributed by atoms with E-state index in [0.29, 0.717) is 24.6 Å². The molecule has 5 nitrogen and oxygen atoms in total. The number of nitrogens with one attached hydrogen (secondary N) is 2. The van der Waals surface area contributed by atoms with Crippen molar-refractivity contribution in [1.29, 1.82) is 0 Å². The molecule has 122 valence electrons. The molecule has 6 heteroatoms. The summed E-state index contributed by atoms with van der Waals surface area (Å²) < 4.78 is 11.9. The zero-order valence-electron chi connectivity index (χ0n) is 12.9. The normalized spacial score (nSPS) is 11.7. The first-order chi connectivity index (χ1) is 11.2. The minimum Gasteiger partial charge on any atom is -0.338 e. The third kappa shape index (κ3) is 7.06. The number of carbonyl (C=O) groups is 1. The molecule has 0 saturated heterocycles. The SMILES string of the molecule is O=C(NCCc1cccnc1)NCC[S@](=O)Cc1ccccc1. The van der Waals surface area contributed by atoms with E-state index in [2.05, 4.69) is 15.6 Å². The van der Waals surface area contributed by atoms with E-state index in [0.717, 1.165) is 17.5 Å². The molecule has 0 spiro atoms. The second-order valence-electron chi connectivity index (χ2n) is 5.07. The second kappa shape index (κ2) is 9.74. The Kier molecular flexibility index (Phi) is 7.26. The van der Waals surface area contributed by atoms with Crippen LogP contribution in [0.3, 0.4) is 0 Å². The molecule has 2 aromatic rings. The molecule has 0 unspecified atom stereocenters. The summed E-state index contributed by atoms with van der Waals surface area (Å²) in [5, 5.41) is 5.50. The van der Waals surface area contributed by atoms with E-state index in [-0.39, 0.29) is 6.03 Å². The molecule has 1 aromatic carbocycles. The Bertz CT molecular complexity index is 620. The highest BCUT2D eigenvalue weighted by atomic mass is 32.2. The summed E-state index contributed by atoms with van der Waals surface area (Å²) in [5.74, 6) is 0.968. The van der Waals surface area contributed by atoms with Crippen molar-refractivity contribution >= 4 is 16.8 Å². The van der Waals surface area contributed by atoms with Gasteiger partial charge in [-0.2, -0.15) is 0 Å². The van der Waals surface area contributed by atoms with E-state index in [4.69, 9.17) is 0 Å². The molecule has 1 heterocycles. The quantitative estimate of drug-likeness (QED) is 0.776. The fraction of sp³-hybridized carbons (Fsp3) is 0.294. The lowest BCUT2D eigenvalue weighted by molar-refractivity contribution is 0.241. The van der Waals surface area contributed by atoms with Gasteiger partial charge >= 0.3 is 6.03 Å². The molecule has 0 fully saturated rings. The van der Waals surface area contributed by atoms with Crippen LogP contribution in [-0.2, 0) is 23.0 Å². The second-order valence-corrected chi connectivity index (χ2v) is 6.64. The van der Waals surface area contributed by atoms with Gasteiger partial charge in [0.05, 0.1) is 0 Å². The van der Waals surface area contributed by atoms with Gasteiger partial charge in [0.2, 0.25) is 0 Å². The monoisotopic (exact) mass is 331 g/mol. The summed E-state index contributed by atoms with van der Waals surface area (Å²) in [6.45, 7) is 0.947. The van der Waals surface area contributed by atoms with E-state index >= 15 is 0 Å². The lowest BCUT2D eigenvalue weighted by Gasteiger charge is -2.07. The molecule has 1 aromatic heterocycles. The highest BCUT2D eigenvalue weighted by Crippen LogP contribution is 2.02. The number of hydrogen-bond donors (Lipinski definition) is 2. The van der Waals surface area contributed by atoms with E-state index < -0.39 is 10.8 Å². The third-order valence-electron chi connectivity index (χ3n) is 3.21. The van der Waals surface area contributed by atoms with Crippen LogP contribution < -0.4 is 10.6 Å². The van der Waals surface area contributed by atoms with Gasteiger partial charge < -0.3 is 10.6 Å². The van der Waals surface area contributed by atoms with Gasteiger partial charge in [0.25, 0.3) is 0 Å². The van der Waals surface area contributed by atoms with Crippen LogP contribution in [0.15, 0.2) is 54.9 Å². The molecule has 0 radical (unpaired) electrons. The maximum atomic E-state index is 11.9. The summed E-state index contributed by atoms with van der Waals surface area (Å²) in [6, 6.07) is 13.3. The molecule has 0 aliphatic heterocycles. The molecule has 2 rings (SSSR count). The van der Waals surface area contributed by atoms with Crippen molar-refractivity contribution in [2.24, 2.45) is 0 Å². The van der Waals surface area contributed by atoms with Gasteiger partial charge in [-0.1, -0.05) is 36.4 Å². The van der Waals surface area contributed by atoms with Crippen molar-refractivity contribution in [3.8, 4) is 0 Å². The van der Waals surface area contributed by atoms with Crippen molar-refractivity contribution in [3.63, 3.8) is 0 Å². The smallest absolute Gasteiger partial charge is 0.314 e. The first-order valence-corrected chi connectivity index (χ1v) is 9.02. The lowest BCUT2D eigenvalue weighted by Crippen LogP contribution is -2.38. The van der Waals surface area contributed by atoms with Gasteiger partial charge in [0.1, 0.15) is 0 Å². The molecule has 0 aliphatic carbocycles. The molecule has 2 N–H and O–H groups in total. The zero-order chi connectivity index (χ0) is 16.3. The van der Waals surface area contributed by atoms with Crippen molar-refractivity contribution in [3.05, 3.63) is 66.0 Å². The molecular weight excluding hydrogens is 310 g/mol. The predicted molar refractivity (Wildman–Crippen MR) is 92.5 cm³/mol. The van der Waals surface area contributed by atoms with Crippen molar-refractivity contribution in [2.45, 2.75) is 12.2 Å². The molecule has 0 aliphatic rings. The van der Waals surface area contributed by atoms with Crippen LogP contribution in [0.5, 0.6) is 0 Å². The molecule has 0 saturated carbocycles. The van der Waals surface area contributed by atoms with Crippen LogP contribution in [0.2, 0.25) is 0 Å². The number of carbonyl (C=O) groups excluding carboxylic acids is 1. The average molecular weight is 331 g/mol. The van der Waals surface area contributed by atoms with Crippen LogP contribution in [0.4, 0.5) is 4.79 Å². The van der Waals surface area contributed by atoms with E-state index in [9.17, 15) is 9.00 Å². The summed E-state index contributed by atoms with van der Waals surface area (Å²) >= 11 is 0. The highest BCUT2D eigenvalue weighted by Gasteiger charge is 2.04. The third-order valence-corrected chi connectivity index (χ3v) is 4.52. The Morgan fingerprint density at radius 1 is 1.00 bits per heavy atom. The largest absolute Gasteiger partial charge is 0.338 e. The van der Waals surface area contributed by atoms with Crippen molar-refractivity contribution in [1.82, 2.24) is 15.6 Å². The lowest BCUT2D eigenvalue weighted by atomic mass is 10.2. The van der Waals surface area contributed by atoms with Crippen LogP contribution >= 0.6 is 0 Å². The number of benzene rings is 1. The molecule has 1 atom stereocenters. The number of nitrogens with zero attached hydrogens (tertiary/aromatic N) is 1. The molecule has 2 amide bonds. The molecule has 0 bridgehead atoms. The van der Waals surface area contributed by atoms with Crippen molar-refractivity contribution in [2.75, 3.05) is 18.8 Å². The number of amides is 2. The number of aromatic nitrogens is 1. The fourth-order valence-electron chi connectivity index (χ4n) is 2.04. The minimum atomic E-state index is -0.974. The summed E-state index contributed by atoms with van der Waals surface area (Å²) in [5.41, 5.74) is 2.13. The zero-order valence-corrected chi connectivity index (χ0v) is 13.7. The first kappa shape index (κ1) is 17.1. The van der Waals surface area contributed by atoms with Gasteiger partial charge in [0, 0.05) is 47.8 Å². The Morgan fingerprint density at radius 3 is 2.48 bits per heavy atom. The Balaban J connectivity index is 1.56. The first-order valence-electron chi connectivity index (χ1n) is 7.53. The van der Waals surface area contributed by atoms with Gasteiger partial charge in [-0.25, -0.2) is 4.79 Å². The Hall–Kier alpha value is -2.21. The van der Waals surface area contributed by atoms with Crippen LogP contribution in [0.25, 0.3) is 0 Å². The average Bonchev–Trinajstić information content (AvgIpc) is 2.57. The van der Waals surface area contributed by atoms with Gasteiger partial charge in [-0.3, -0.25) is 9.19 Å². The number of hydrogen-bond acceptors (Lipinski definition) is 3. The van der Waals surface area contributed by atoms with Crippen LogP contribution in [0, 0.1) is 0 Å². The number of pyridine rings is 1. The molecule has 23 heavy (non-hydrogen) atoms. The fourth-order valence-corrected chi connectivity index (χ4v) is 3.08. The van der Waals surface area contributed by atoms with E-state index in [1.165, 1.54) is 0 Å². The minimum absolute atomic E-state index is 0.231. The predicted octanol–water partition coefficient (Wildman–Crippen LogP) is 1.87. The summed E-state index contributed by atoms with van der Waals surface area (Å²) in [7, 11) is -0.974. The summed E-state index contributed by atoms with van der Waals surface area (Å²) in [6.07, 6.45) is 4.24. The topological polar surface area (TPSA) is 71.1 Å². The number of rotatable bonds is 8. The van der Waals surface area contributed by atoms with Gasteiger partial charge in [0.15, 0.2) is 0 Å². The number of urea groups is 1. The van der Waals surface area contributed by atoms with Crippen LogP contribution in [0.1, 0.15) is 11.1 Å². The standard InChI is InChI=1S/C17H21N3O2S/c21-17(19-10-8-15-7-4-9-18-13-15)20-11-12-23(22)14-16-5-2-1-3-6-16/h1-7,9,13H,8,10-12,14H2,(H2,19,20,21)/t23-/m0/s1. The maximum Gasteiger partial charge on any atom is 0.314 e. The molecular formula is C17H21N3O2S. The van der Waals surface area contributed by atoms with Crippen molar-refractivity contribution < 1.29 is 9.00 Å². The Labute approximate surface area is 139 Å². The van der Waals surface area contributed by atoms with Crippen LogP contribution in [-0.4, -0.2) is 34.1 Å². The van der Waals surface area contributed by atoms with E-state index in [1.807, 2.05) is 42.5 Å². The highest BCUT2D eigenvalue weighted by molar-refractivity contribution is 7.84. The summed E-state index contributed by atoms with van der Waals surface area (Å²) in [4.78, 5) is 15.7.